The predicted molar refractivity (Wildman–Crippen MR) is 94.2 cm³/mol. The van der Waals surface area contributed by atoms with E-state index in [0.29, 0.717) is 0 Å². The Hall–Kier alpha value is -2.44. The van der Waals surface area contributed by atoms with Crippen LogP contribution in [0, 0.1) is 17.2 Å². The van der Waals surface area contributed by atoms with Crippen LogP contribution >= 0.6 is 0 Å². The van der Waals surface area contributed by atoms with Crippen LogP contribution in [0.25, 0.3) is 0 Å². The quantitative estimate of drug-likeness (QED) is 0.614. The van der Waals surface area contributed by atoms with Crippen molar-refractivity contribution in [3.05, 3.63) is 30.3 Å². The number of esters is 1. The lowest BCUT2D eigenvalue weighted by atomic mass is 9.90. The van der Waals surface area contributed by atoms with Crippen molar-refractivity contribution in [2.24, 2.45) is 5.92 Å². The van der Waals surface area contributed by atoms with Gasteiger partial charge in [0, 0.05) is 6.54 Å². The Balaban J connectivity index is 2.39. The Kier molecular flexibility index (Phi) is 7.74. The summed E-state index contributed by atoms with van der Waals surface area (Å²) in [5.74, 6) is -1.44. The van der Waals surface area contributed by atoms with Crippen LogP contribution < -0.4 is 10.0 Å². The number of carbonyl (C=O) groups excluding carboxylic acids is 2. The van der Waals surface area contributed by atoms with Gasteiger partial charge in [0.2, 0.25) is 10.0 Å². The molecule has 8 nitrogen and oxygen atoms in total. The Morgan fingerprint density at radius 2 is 1.88 bits per heavy atom. The lowest BCUT2D eigenvalue weighted by Gasteiger charge is -2.27. The Labute approximate surface area is 153 Å². The monoisotopic (exact) mass is 381 g/mol. The van der Waals surface area contributed by atoms with Crippen LogP contribution in [0.5, 0.6) is 0 Å². The topological polar surface area (TPSA) is 125 Å². The SMILES string of the molecule is CC(C)[C@](C)(C#N)NC(=O)COC(=O)CCNS(=O)(=O)c1ccccc1. The number of hydrogen-bond donors (Lipinski definition) is 2. The highest BCUT2D eigenvalue weighted by atomic mass is 32.2. The van der Waals surface area contributed by atoms with Crippen molar-refractivity contribution in [1.82, 2.24) is 10.0 Å². The summed E-state index contributed by atoms with van der Waals surface area (Å²) in [5, 5.41) is 11.6. The molecule has 0 saturated carbocycles. The van der Waals surface area contributed by atoms with Gasteiger partial charge < -0.3 is 10.1 Å². The average Bonchev–Trinajstić information content (AvgIpc) is 2.60. The van der Waals surface area contributed by atoms with Gasteiger partial charge in [0.05, 0.1) is 17.4 Å². The molecule has 2 N–H and O–H groups in total. The molecule has 0 heterocycles. The van der Waals surface area contributed by atoms with Crippen molar-refractivity contribution in [2.45, 2.75) is 37.6 Å². The molecule has 0 unspecified atom stereocenters. The van der Waals surface area contributed by atoms with Crippen molar-refractivity contribution < 1.29 is 22.7 Å². The van der Waals surface area contributed by atoms with Crippen LogP contribution in [0.4, 0.5) is 0 Å². The fourth-order valence-corrected chi connectivity index (χ4v) is 2.87. The maximum atomic E-state index is 12.0. The van der Waals surface area contributed by atoms with E-state index in [9.17, 15) is 18.0 Å². The van der Waals surface area contributed by atoms with E-state index >= 15 is 0 Å². The highest BCUT2D eigenvalue weighted by Crippen LogP contribution is 2.14. The Morgan fingerprint density at radius 1 is 1.27 bits per heavy atom. The molecule has 0 spiro atoms. The van der Waals surface area contributed by atoms with E-state index in [1.165, 1.54) is 12.1 Å². The number of carbonyl (C=O) groups is 2. The average molecular weight is 381 g/mol. The summed E-state index contributed by atoms with van der Waals surface area (Å²) in [5.41, 5.74) is -1.06. The van der Waals surface area contributed by atoms with Gasteiger partial charge >= 0.3 is 5.97 Å². The molecule has 1 atom stereocenters. The maximum absolute atomic E-state index is 12.0. The number of sulfonamides is 1. The first-order chi connectivity index (χ1) is 12.1. The normalized spacial score (nSPS) is 13.5. The third kappa shape index (κ3) is 6.46. The molecule has 142 valence electrons. The minimum absolute atomic E-state index is 0.0946. The largest absolute Gasteiger partial charge is 0.456 e. The smallest absolute Gasteiger partial charge is 0.307 e. The van der Waals surface area contributed by atoms with Crippen LogP contribution in [0.3, 0.4) is 0 Å². The fraction of sp³-hybridized carbons (Fsp3) is 0.471. The molecule has 1 amide bonds. The summed E-state index contributed by atoms with van der Waals surface area (Å²) in [6, 6.07) is 9.76. The third-order valence-corrected chi connectivity index (χ3v) is 5.30. The number of amides is 1. The number of benzene rings is 1. The molecule has 26 heavy (non-hydrogen) atoms. The van der Waals surface area contributed by atoms with Crippen LogP contribution in [-0.4, -0.2) is 39.0 Å². The van der Waals surface area contributed by atoms with Crippen LogP contribution in [0.1, 0.15) is 27.2 Å². The van der Waals surface area contributed by atoms with Gasteiger partial charge in [-0.3, -0.25) is 9.59 Å². The molecule has 0 fully saturated rings. The molecule has 0 saturated heterocycles. The van der Waals surface area contributed by atoms with Crippen molar-refractivity contribution in [1.29, 1.82) is 5.26 Å². The molecular formula is C17H23N3O5S. The molecule has 0 aliphatic rings. The van der Waals surface area contributed by atoms with E-state index in [4.69, 9.17) is 10.00 Å². The first kappa shape index (κ1) is 21.6. The number of nitriles is 1. The molecule has 1 aromatic rings. The number of ether oxygens (including phenoxy) is 1. The van der Waals surface area contributed by atoms with Crippen molar-refractivity contribution in [2.75, 3.05) is 13.2 Å². The molecule has 0 aromatic heterocycles. The second-order valence-corrected chi connectivity index (χ2v) is 7.91. The molecule has 0 radical (unpaired) electrons. The van der Waals surface area contributed by atoms with E-state index in [0.717, 1.165) is 0 Å². The van der Waals surface area contributed by atoms with Crippen molar-refractivity contribution in [3.8, 4) is 6.07 Å². The summed E-state index contributed by atoms with van der Waals surface area (Å²) in [7, 11) is -3.70. The maximum Gasteiger partial charge on any atom is 0.307 e. The van der Waals surface area contributed by atoms with Crippen LogP contribution in [0.2, 0.25) is 0 Å². The Morgan fingerprint density at radius 3 is 2.42 bits per heavy atom. The standard InChI is InChI=1S/C17H23N3O5S/c1-13(2)17(3,12-18)20-15(21)11-25-16(22)9-10-19-26(23,24)14-7-5-4-6-8-14/h4-8,13,19H,9-11H2,1-3H3,(H,20,21)/t17-/m0/s1. The van der Waals surface area contributed by atoms with Gasteiger partial charge in [0.25, 0.3) is 5.91 Å². The summed E-state index contributed by atoms with van der Waals surface area (Å²) in [6.45, 7) is 4.46. The highest BCUT2D eigenvalue weighted by Gasteiger charge is 2.30. The zero-order chi connectivity index (χ0) is 19.8. The van der Waals surface area contributed by atoms with Gasteiger partial charge in [-0.15, -0.1) is 0 Å². The van der Waals surface area contributed by atoms with Gasteiger partial charge in [-0.25, -0.2) is 13.1 Å². The summed E-state index contributed by atoms with van der Waals surface area (Å²) in [6.07, 6.45) is -0.223. The van der Waals surface area contributed by atoms with E-state index in [1.54, 1.807) is 39.0 Å². The van der Waals surface area contributed by atoms with Crippen LogP contribution in [-0.2, 0) is 24.3 Å². The number of nitrogens with zero attached hydrogens (tertiary/aromatic N) is 1. The zero-order valence-corrected chi connectivity index (χ0v) is 15.8. The predicted octanol–water partition coefficient (Wildman–Crippen LogP) is 0.953. The lowest BCUT2D eigenvalue weighted by molar-refractivity contribution is -0.148. The third-order valence-electron chi connectivity index (χ3n) is 3.83. The molecule has 9 heteroatoms. The molecular weight excluding hydrogens is 358 g/mol. The summed E-state index contributed by atoms with van der Waals surface area (Å²) in [4.78, 5) is 23.5. The first-order valence-electron chi connectivity index (χ1n) is 8.03. The minimum atomic E-state index is -3.70. The van der Waals surface area contributed by atoms with Gasteiger partial charge in [-0.2, -0.15) is 5.26 Å². The molecule has 1 rings (SSSR count). The fourth-order valence-electron chi connectivity index (χ4n) is 1.82. The van der Waals surface area contributed by atoms with E-state index in [2.05, 4.69) is 10.0 Å². The molecule has 0 aliphatic carbocycles. The molecule has 0 bridgehead atoms. The number of rotatable bonds is 9. The van der Waals surface area contributed by atoms with Gasteiger partial charge in [0.15, 0.2) is 6.61 Å². The van der Waals surface area contributed by atoms with Crippen molar-refractivity contribution in [3.63, 3.8) is 0 Å². The second-order valence-electron chi connectivity index (χ2n) is 6.14. The minimum Gasteiger partial charge on any atom is -0.456 e. The highest BCUT2D eigenvalue weighted by molar-refractivity contribution is 7.89. The van der Waals surface area contributed by atoms with Crippen molar-refractivity contribution >= 4 is 21.9 Å². The van der Waals surface area contributed by atoms with Crippen LogP contribution in [0.15, 0.2) is 35.2 Å². The summed E-state index contributed by atoms with van der Waals surface area (Å²) < 4.78 is 31.0. The zero-order valence-electron chi connectivity index (χ0n) is 15.0. The van der Waals surface area contributed by atoms with E-state index < -0.39 is 34.0 Å². The summed E-state index contributed by atoms with van der Waals surface area (Å²) >= 11 is 0. The Bertz CT molecular complexity index is 771. The molecule has 0 aliphatic heterocycles. The number of nitrogens with one attached hydrogen (secondary N) is 2. The van der Waals surface area contributed by atoms with Gasteiger partial charge in [-0.1, -0.05) is 32.0 Å². The number of hydrogen-bond acceptors (Lipinski definition) is 6. The second kappa shape index (κ2) is 9.31. The van der Waals surface area contributed by atoms with E-state index in [-0.39, 0.29) is 23.8 Å². The van der Waals surface area contributed by atoms with Gasteiger partial charge in [-0.05, 0) is 25.0 Å². The van der Waals surface area contributed by atoms with E-state index in [1.807, 2.05) is 6.07 Å². The van der Waals surface area contributed by atoms with Gasteiger partial charge in [0.1, 0.15) is 5.54 Å². The lowest BCUT2D eigenvalue weighted by Crippen LogP contribution is -2.50. The first-order valence-corrected chi connectivity index (χ1v) is 9.51. The molecule has 1 aromatic carbocycles.